The molecule has 0 heterocycles. The van der Waals surface area contributed by atoms with E-state index in [9.17, 15) is 14.4 Å². The van der Waals surface area contributed by atoms with E-state index in [4.69, 9.17) is 10.8 Å². The maximum absolute atomic E-state index is 11.6. The highest BCUT2D eigenvalue weighted by Gasteiger charge is 2.65. The van der Waals surface area contributed by atoms with Crippen LogP contribution in [0.3, 0.4) is 0 Å². The minimum Gasteiger partial charge on any atom is -0.481 e. The standard InChI is InChI=1S/C10H16N2O5/c1-10(2)5(6(10)8(14)15)7(13)12-3-4-17-9(11)16/h5-6H,3-4H2,1-2H3,(H2,11,16)(H,12,13)(H,14,15). The van der Waals surface area contributed by atoms with Crippen LogP contribution in [0.4, 0.5) is 4.79 Å². The third-order valence-electron chi connectivity index (χ3n) is 3.02. The molecule has 2 unspecified atom stereocenters. The summed E-state index contributed by atoms with van der Waals surface area (Å²) in [5.41, 5.74) is 4.21. The summed E-state index contributed by atoms with van der Waals surface area (Å²) in [5, 5.41) is 11.4. The number of aliphatic carboxylic acids is 1. The first-order valence-electron chi connectivity index (χ1n) is 5.21. The molecule has 96 valence electrons. The fourth-order valence-corrected chi connectivity index (χ4v) is 2.02. The minimum absolute atomic E-state index is 0.0219. The smallest absolute Gasteiger partial charge is 0.404 e. The van der Waals surface area contributed by atoms with Gasteiger partial charge in [0.25, 0.3) is 0 Å². The Morgan fingerprint density at radius 2 is 1.94 bits per heavy atom. The van der Waals surface area contributed by atoms with Crippen LogP contribution in [0.25, 0.3) is 0 Å². The number of carbonyl (C=O) groups is 3. The maximum atomic E-state index is 11.6. The van der Waals surface area contributed by atoms with Crippen molar-refractivity contribution in [1.29, 1.82) is 0 Å². The minimum atomic E-state index is -0.969. The van der Waals surface area contributed by atoms with E-state index < -0.39 is 29.3 Å². The number of hydrogen-bond donors (Lipinski definition) is 3. The number of nitrogens with two attached hydrogens (primary N) is 1. The highest BCUT2D eigenvalue weighted by Crippen LogP contribution is 2.58. The Balaban J connectivity index is 2.35. The SMILES string of the molecule is CC1(C)C(C(=O)O)C1C(=O)NCCOC(N)=O. The quantitative estimate of drug-likeness (QED) is 0.566. The number of primary amides is 1. The Morgan fingerprint density at radius 1 is 1.35 bits per heavy atom. The van der Waals surface area contributed by atoms with E-state index in [0.717, 1.165) is 0 Å². The number of hydrogen-bond acceptors (Lipinski definition) is 4. The van der Waals surface area contributed by atoms with Gasteiger partial charge in [-0.05, 0) is 5.41 Å². The lowest BCUT2D eigenvalue weighted by Gasteiger charge is -2.05. The van der Waals surface area contributed by atoms with Gasteiger partial charge in [-0.1, -0.05) is 13.8 Å². The van der Waals surface area contributed by atoms with Crippen LogP contribution in [0.5, 0.6) is 0 Å². The molecule has 0 aromatic carbocycles. The fourth-order valence-electron chi connectivity index (χ4n) is 2.02. The molecule has 0 radical (unpaired) electrons. The van der Waals surface area contributed by atoms with Gasteiger partial charge in [0, 0.05) is 0 Å². The second-order valence-corrected chi connectivity index (χ2v) is 4.57. The monoisotopic (exact) mass is 244 g/mol. The van der Waals surface area contributed by atoms with Gasteiger partial charge in [-0.2, -0.15) is 0 Å². The van der Waals surface area contributed by atoms with Crippen LogP contribution < -0.4 is 11.1 Å². The van der Waals surface area contributed by atoms with Crippen molar-refractivity contribution in [1.82, 2.24) is 5.32 Å². The van der Waals surface area contributed by atoms with Gasteiger partial charge < -0.3 is 20.9 Å². The Kier molecular flexibility index (Phi) is 3.59. The van der Waals surface area contributed by atoms with Crippen molar-refractivity contribution >= 4 is 18.0 Å². The molecule has 0 aliphatic heterocycles. The molecule has 1 aliphatic carbocycles. The molecule has 0 saturated heterocycles. The first-order chi connectivity index (χ1) is 7.78. The molecule has 7 nitrogen and oxygen atoms in total. The van der Waals surface area contributed by atoms with Gasteiger partial charge in [-0.15, -0.1) is 0 Å². The molecule has 0 aromatic rings. The van der Waals surface area contributed by atoms with Gasteiger partial charge >= 0.3 is 12.1 Å². The zero-order valence-corrected chi connectivity index (χ0v) is 9.73. The summed E-state index contributed by atoms with van der Waals surface area (Å²) in [4.78, 5) is 32.7. The fraction of sp³-hybridized carbons (Fsp3) is 0.700. The molecule has 1 fully saturated rings. The maximum Gasteiger partial charge on any atom is 0.404 e. The van der Waals surface area contributed by atoms with Crippen molar-refractivity contribution < 1.29 is 24.2 Å². The van der Waals surface area contributed by atoms with E-state index in [2.05, 4.69) is 10.1 Å². The van der Waals surface area contributed by atoms with E-state index in [-0.39, 0.29) is 19.1 Å². The molecule has 4 N–H and O–H groups in total. The lowest BCUT2D eigenvalue weighted by atomic mass is 10.1. The first kappa shape index (κ1) is 13.3. The lowest BCUT2D eigenvalue weighted by molar-refractivity contribution is -0.140. The average Bonchev–Trinajstić information content (AvgIpc) is 2.76. The van der Waals surface area contributed by atoms with Gasteiger partial charge in [0.15, 0.2) is 0 Å². The van der Waals surface area contributed by atoms with Crippen LogP contribution in [0, 0.1) is 17.3 Å². The van der Waals surface area contributed by atoms with Crippen molar-refractivity contribution in [3.8, 4) is 0 Å². The van der Waals surface area contributed by atoms with E-state index in [1.165, 1.54) is 0 Å². The summed E-state index contributed by atoms with van der Waals surface area (Å²) in [6, 6.07) is 0. The van der Waals surface area contributed by atoms with Crippen LogP contribution in [0.1, 0.15) is 13.8 Å². The zero-order chi connectivity index (χ0) is 13.2. The Labute approximate surface area is 98.3 Å². The van der Waals surface area contributed by atoms with Crippen LogP contribution in [-0.4, -0.2) is 36.2 Å². The second-order valence-electron chi connectivity index (χ2n) is 4.57. The van der Waals surface area contributed by atoms with E-state index in [1.54, 1.807) is 13.8 Å². The molecule has 7 heteroatoms. The number of carboxylic acids is 1. The van der Waals surface area contributed by atoms with E-state index in [1.807, 2.05) is 0 Å². The summed E-state index contributed by atoms with van der Waals surface area (Å²) in [6.07, 6.45) is -0.908. The number of rotatable bonds is 5. The van der Waals surface area contributed by atoms with Crippen LogP contribution >= 0.6 is 0 Å². The number of carboxylic acid groups (broad SMARTS) is 1. The Bertz CT molecular complexity index is 353. The predicted molar refractivity (Wildman–Crippen MR) is 56.9 cm³/mol. The van der Waals surface area contributed by atoms with Gasteiger partial charge in [-0.25, -0.2) is 4.79 Å². The predicted octanol–water partition coefficient (Wildman–Crippen LogP) is -0.445. The number of ether oxygens (including phenoxy) is 1. The molecule has 17 heavy (non-hydrogen) atoms. The molecule has 0 aromatic heterocycles. The van der Waals surface area contributed by atoms with Crippen molar-refractivity contribution in [3.63, 3.8) is 0 Å². The van der Waals surface area contributed by atoms with Gasteiger partial charge in [0.05, 0.1) is 18.4 Å². The highest BCUT2D eigenvalue weighted by atomic mass is 16.5. The molecule has 0 bridgehead atoms. The van der Waals surface area contributed by atoms with Crippen LogP contribution in [-0.2, 0) is 14.3 Å². The summed E-state index contributed by atoms with van der Waals surface area (Å²) >= 11 is 0. The molecule has 0 spiro atoms. The van der Waals surface area contributed by atoms with Gasteiger partial charge in [-0.3, -0.25) is 9.59 Å². The number of nitrogens with one attached hydrogen (secondary N) is 1. The summed E-state index contributed by atoms with van der Waals surface area (Å²) in [5.74, 6) is -2.49. The largest absolute Gasteiger partial charge is 0.481 e. The Hall–Kier alpha value is -1.79. The normalized spacial score (nSPS) is 24.8. The number of amides is 2. The Morgan fingerprint density at radius 3 is 2.35 bits per heavy atom. The van der Waals surface area contributed by atoms with E-state index >= 15 is 0 Å². The van der Waals surface area contributed by atoms with Crippen LogP contribution in [0.2, 0.25) is 0 Å². The zero-order valence-electron chi connectivity index (χ0n) is 9.73. The van der Waals surface area contributed by atoms with Crippen molar-refractivity contribution in [3.05, 3.63) is 0 Å². The second kappa shape index (κ2) is 4.60. The molecule has 2 atom stereocenters. The molecular weight excluding hydrogens is 228 g/mol. The summed E-state index contributed by atoms with van der Waals surface area (Å²) in [7, 11) is 0. The van der Waals surface area contributed by atoms with Crippen LogP contribution in [0.15, 0.2) is 0 Å². The number of carbonyl (C=O) groups excluding carboxylic acids is 2. The molecule has 1 saturated carbocycles. The van der Waals surface area contributed by atoms with Gasteiger partial charge in [0.2, 0.25) is 5.91 Å². The third-order valence-corrected chi connectivity index (χ3v) is 3.02. The molecule has 1 aliphatic rings. The molecular formula is C10H16N2O5. The highest BCUT2D eigenvalue weighted by molar-refractivity contribution is 5.91. The van der Waals surface area contributed by atoms with E-state index in [0.29, 0.717) is 0 Å². The summed E-state index contributed by atoms with van der Waals surface area (Å²) in [6.45, 7) is 3.57. The third kappa shape index (κ3) is 2.86. The molecule has 2 amide bonds. The average molecular weight is 244 g/mol. The topological polar surface area (TPSA) is 119 Å². The van der Waals surface area contributed by atoms with Gasteiger partial charge in [0.1, 0.15) is 6.61 Å². The van der Waals surface area contributed by atoms with Crippen molar-refractivity contribution in [2.75, 3.05) is 13.2 Å². The van der Waals surface area contributed by atoms with Crippen molar-refractivity contribution in [2.24, 2.45) is 23.0 Å². The van der Waals surface area contributed by atoms with Crippen molar-refractivity contribution in [2.45, 2.75) is 13.8 Å². The first-order valence-corrected chi connectivity index (χ1v) is 5.21. The molecule has 1 rings (SSSR count). The summed E-state index contributed by atoms with van der Waals surface area (Å²) < 4.78 is 4.43. The lowest BCUT2D eigenvalue weighted by Crippen LogP contribution is -2.31.